The van der Waals surface area contributed by atoms with Crippen molar-refractivity contribution in [1.29, 1.82) is 0 Å². The number of nitrogens with one attached hydrogen (secondary N) is 2. The molecule has 3 rings (SSSR count). The number of phenols is 1. The van der Waals surface area contributed by atoms with E-state index in [2.05, 4.69) is 20.7 Å². The predicted molar refractivity (Wildman–Crippen MR) is 91.0 cm³/mol. The van der Waals surface area contributed by atoms with Crippen LogP contribution in [0.3, 0.4) is 0 Å². The SMILES string of the molecule is COCc1nc2n(n1)CC(NC(=O)N[C@H](C)c1cccc(O)c1)CC2. The Kier molecular flexibility index (Phi) is 5.18. The molecule has 2 aromatic rings. The van der Waals surface area contributed by atoms with Gasteiger partial charge in [-0.2, -0.15) is 5.10 Å². The predicted octanol–water partition coefficient (Wildman–Crippen LogP) is 1.51. The average molecular weight is 345 g/mol. The molecule has 1 aliphatic heterocycles. The molecule has 2 heterocycles. The summed E-state index contributed by atoms with van der Waals surface area (Å²) in [7, 11) is 1.61. The molecule has 0 saturated carbocycles. The standard InChI is InChI=1S/C17H23N5O3/c1-11(12-4-3-5-14(23)8-12)18-17(24)19-13-6-7-16-20-15(10-25-2)21-22(16)9-13/h3-5,8,11,13,23H,6-7,9-10H2,1-2H3,(H2,18,19,24)/t11-,13?/m1/s1. The summed E-state index contributed by atoms with van der Waals surface area (Å²) in [5.74, 6) is 1.78. The number of fused-ring (bicyclic) bond motifs is 1. The van der Waals surface area contributed by atoms with E-state index >= 15 is 0 Å². The van der Waals surface area contributed by atoms with Gasteiger partial charge in [0.1, 0.15) is 18.2 Å². The minimum absolute atomic E-state index is 0.000899. The summed E-state index contributed by atoms with van der Waals surface area (Å²) in [5.41, 5.74) is 0.849. The van der Waals surface area contributed by atoms with E-state index in [1.54, 1.807) is 25.3 Å². The molecule has 8 heteroatoms. The summed E-state index contributed by atoms with van der Waals surface area (Å²) in [5, 5.41) is 19.8. The van der Waals surface area contributed by atoms with E-state index in [0.717, 1.165) is 24.2 Å². The number of ether oxygens (including phenoxy) is 1. The minimum Gasteiger partial charge on any atom is -0.508 e. The fraction of sp³-hybridized carbons (Fsp3) is 0.471. The minimum atomic E-state index is -0.235. The zero-order valence-electron chi connectivity index (χ0n) is 14.4. The van der Waals surface area contributed by atoms with Crippen molar-refractivity contribution in [2.75, 3.05) is 7.11 Å². The molecule has 0 bridgehead atoms. The van der Waals surface area contributed by atoms with Crippen molar-refractivity contribution < 1.29 is 14.6 Å². The lowest BCUT2D eigenvalue weighted by molar-refractivity contribution is 0.177. The van der Waals surface area contributed by atoms with Crippen molar-refractivity contribution in [3.63, 3.8) is 0 Å². The van der Waals surface area contributed by atoms with E-state index in [4.69, 9.17) is 4.74 Å². The Labute approximate surface area is 146 Å². The van der Waals surface area contributed by atoms with Gasteiger partial charge in [0.05, 0.1) is 18.6 Å². The van der Waals surface area contributed by atoms with Crippen molar-refractivity contribution in [2.45, 2.75) is 45.0 Å². The van der Waals surface area contributed by atoms with Crippen molar-refractivity contribution in [2.24, 2.45) is 0 Å². The second-order valence-electron chi connectivity index (χ2n) is 6.23. The lowest BCUT2D eigenvalue weighted by Crippen LogP contribution is -2.46. The molecule has 2 amide bonds. The van der Waals surface area contributed by atoms with E-state index in [-0.39, 0.29) is 23.9 Å². The van der Waals surface area contributed by atoms with E-state index in [9.17, 15) is 9.90 Å². The molecule has 0 fully saturated rings. The molecule has 1 aliphatic rings. The number of methoxy groups -OCH3 is 1. The van der Waals surface area contributed by atoms with Crippen LogP contribution in [0.4, 0.5) is 4.79 Å². The molecule has 134 valence electrons. The number of amides is 2. The average Bonchev–Trinajstić information content (AvgIpc) is 2.96. The van der Waals surface area contributed by atoms with Crippen LogP contribution in [0.1, 0.15) is 36.6 Å². The second-order valence-corrected chi connectivity index (χ2v) is 6.23. The summed E-state index contributed by atoms with van der Waals surface area (Å²) < 4.78 is 6.89. The Balaban J connectivity index is 1.54. The smallest absolute Gasteiger partial charge is 0.315 e. The number of benzene rings is 1. The number of urea groups is 1. The van der Waals surface area contributed by atoms with Crippen LogP contribution in [0, 0.1) is 0 Å². The van der Waals surface area contributed by atoms with Crippen LogP contribution in [0.5, 0.6) is 5.75 Å². The third kappa shape index (κ3) is 4.27. The van der Waals surface area contributed by atoms with Gasteiger partial charge in [-0.05, 0) is 31.0 Å². The van der Waals surface area contributed by atoms with Crippen LogP contribution in [0.25, 0.3) is 0 Å². The van der Waals surface area contributed by atoms with Gasteiger partial charge in [-0.15, -0.1) is 0 Å². The van der Waals surface area contributed by atoms with Crippen molar-refractivity contribution in [3.05, 3.63) is 41.5 Å². The third-order valence-corrected chi connectivity index (χ3v) is 4.23. The number of carbonyl (C=O) groups excluding carboxylic acids is 1. The summed E-state index contributed by atoms with van der Waals surface area (Å²) >= 11 is 0. The Bertz CT molecular complexity index is 746. The Morgan fingerprint density at radius 3 is 3.12 bits per heavy atom. The van der Waals surface area contributed by atoms with Crippen molar-refractivity contribution in [1.82, 2.24) is 25.4 Å². The fourth-order valence-corrected chi connectivity index (χ4v) is 2.97. The fourth-order valence-electron chi connectivity index (χ4n) is 2.97. The van der Waals surface area contributed by atoms with E-state index in [1.807, 2.05) is 17.7 Å². The van der Waals surface area contributed by atoms with Gasteiger partial charge in [-0.3, -0.25) is 0 Å². The molecule has 1 unspecified atom stereocenters. The highest BCUT2D eigenvalue weighted by molar-refractivity contribution is 5.74. The number of aryl methyl sites for hydroxylation is 1. The largest absolute Gasteiger partial charge is 0.508 e. The number of rotatable bonds is 5. The molecule has 1 aromatic carbocycles. The second kappa shape index (κ2) is 7.52. The number of hydrogen-bond donors (Lipinski definition) is 3. The maximum atomic E-state index is 12.2. The number of carbonyl (C=O) groups is 1. The normalized spacial score (nSPS) is 17.6. The summed E-state index contributed by atoms with van der Waals surface area (Å²) in [4.78, 5) is 16.7. The van der Waals surface area contributed by atoms with Crippen LogP contribution in [0.2, 0.25) is 0 Å². The van der Waals surface area contributed by atoms with Crippen LogP contribution < -0.4 is 10.6 Å². The van der Waals surface area contributed by atoms with E-state index in [0.29, 0.717) is 19.0 Å². The van der Waals surface area contributed by atoms with Crippen LogP contribution in [0.15, 0.2) is 24.3 Å². The summed E-state index contributed by atoms with van der Waals surface area (Å²) in [6.45, 7) is 2.86. The summed E-state index contributed by atoms with van der Waals surface area (Å²) in [6.07, 6.45) is 1.59. The number of aromatic hydroxyl groups is 1. The topological polar surface area (TPSA) is 101 Å². The molecule has 0 radical (unpaired) electrons. The molecule has 1 aromatic heterocycles. The number of nitrogens with zero attached hydrogens (tertiary/aromatic N) is 3. The Morgan fingerprint density at radius 2 is 2.36 bits per heavy atom. The number of aromatic nitrogens is 3. The molecule has 0 saturated heterocycles. The lowest BCUT2D eigenvalue weighted by Gasteiger charge is -2.24. The highest BCUT2D eigenvalue weighted by atomic mass is 16.5. The van der Waals surface area contributed by atoms with E-state index < -0.39 is 0 Å². The number of phenolic OH excluding ortho intramolecular Hbond substituents is 1. The molecule has 3 N–H and O–H groups in total. The Hall–Kier alpha value is -2.61. The van der Waals surface area contributed by atoms with Crippen LogP contribution >= 0.6 is 0 Å². The van der Waals surface area contributed by atoms with Gasteiger partial charge in [0.15, 0.2) is 5.82 Å². The van der Waals surface area contributed by atoms with Gasteiger partial charge in [0, 0.05) is 13.5 Å². The van der Waals surface area contributed by atoms with Crippen molar-refractivity contribution in [3.8, 4) is 5.75 Å². The number of hydrogen-bond acceptors (Lipinski definition) is 5. The molecule has 2 atom stereocenters. The highest BCUT2D eigenvalue weighted by Gasteiger charge is 2.23. The van der Waals surface area contributed by atoms with Gasteiger partial charge >= 0.3 is 6.03 Å². The third-order valence-electron chi connectivity index (χ3n) is 4.23. The highest BCUT2D eigenvalue weighted by Crippen LogP contribution is 2.18. The summed E-state index contributed by atoms with van der Waals surface area (Å²) in [6, 6.07) is 6.43. The molecule has 0 spiro atoms. The molecule has 25 heavy (non-hydrogen) atoms. The van der Waals surface area contributed by atoms with Gasteiger partial charge in [0.2, 0.25) is 0 Å². The van der Waals surface area contributed by atoms with Gasteiger partial charge in [-0.25, -0.2) is 14.5 Å². The lowest BCUT2D eigenvalue weighted by atomic mass is 10.1. The van der Waals surface area contributed by atoms with Gasteiger partial charge < -0.3 is 20.5 Å². The molecular weight excluding hydrogens is 322 g/mol. The first-order valence-corrected chi connectivity index (χ1v) is 8.32. The first-order valence-electron chi connectivity index (χ1n) is 8.32. The van der Waals surface area contributed by atoms with Gasteiger partial charge in [-0.1, -0.05) is 12.1 Å². The zero-order valence-corrected chi connectivity index (χ0v) is 14.4. The first-order chi connectivity index (χ1) is 12.0. The maximum absolute atomic E-state index is 12.2. The van der Waals surface area contributed by atoms with Crippen molar-refractivity contribution >= 4 is 6.03 Å². The van der Waals surface area contributed by atoms with Crippen LogP contribution in [-0.4, -0.2) is 39.1 Å². The van der Waals surface area contributed by atoms with E-state index in [1.165, 1.54) is 0 Å². The molecular formula is C17H23N5O3. The Morgan fingerprint density at radius 1 is 1.52 bits per heavy atom. The first kappa shape index (κ1) is 17.2. The molecule has 8 nitrogen and oxygen atoms in total. The zero-order chi connectivity index (χ0) is 17.8. The monoisotopic (exact) mass is 345 g/mol. The van der Waals surface area contributed by atoms with Gasteiger partial charge in [0.25, 0.3) is 0 Å². The van der Waals surface area contributed by atoms with Crippen LogP contribution in [-0.2, 0) is 24.3 Å². The molecule has 0 aliphatic carbocycles. The quantitative estimate of drug-likeness (QED) is 0.762. The maximum Gasteiger partial charge on any atom is 0.315 e.